The van der Waals surface area contributed by atoms with Crippen molar-refractivity contribution in [2.24, 2.45) is 0 Å². The quantitative estimate of drug-likeness (QED) is 0.737. The molecular formula is C15H20N4O3. The summed E-state index contributed by atoms with van der Waals surface area (Å²) < 4.78 is 6.20. The number of aliphatic hydroxyl groups excluding tert-OH is 1. The Hall–Kier alpha value is -2.28. The Morgan fingerprint density at radius 3 is 2.77 bits per heavy atom. The summed E-state index contributed by atoms with van der Waals surface area (Å²) >= 11 is 0. The first-order chi connectivity index (χ1) is 10.7. The summed E-state index contributed by atoms with van der Waals surface area (Å²) in [4.78, 5) is 11.6. The van der Waals surface area contributed by atoms with Crippen molar-refractivity contribution in [3.8, 4) is 11.4 Å². The molecule has 0 spiro atoms. The highest BCUT2D eigenvalue weighted by atomic mass is 16.5. The molecule has 0 saturated heterocycles. The molecule has 0 aliphatic rings. The Kier molecular flexibility index (Phi) is 6.02. The average molecular weight is 304 g/mol. The number of carbonyl (C=O) groups is 1. The number of ether oxygens (including phenoxy) is 1. The van der Waals surface area contributed by atoms with Gasteiger partial charge in [0.25, 0.3) is 0 Å². The lowest BCUT2D eigenvalue weighted by atomic mass is 10.1. The molecule has 0 radical (unpaired) electrons. The minimum atomic E-state index is -0.484. The molecule has 0 bridgehead atoms. The van der Waals surface area contributed by atoms with Crippen LogP contribution in [0.4, 0.5) is 0 Å². The SMILES string of the molecule is CCCCc1ccc(-c2nnnn2CC(=O)OCCO)cc1. The smallest absolute Gasteiger partial charge is 0.328 e. The van der Waals surface area contributed by atoms with Crippen molar-refractivity contribution < 1.29 is 14.6 Å². The third-order valence-corrected chi connectivity index (χ3v) is 3.20. The molecule has 0 aliphatic carbocycles. The van der Waals surface area contributed by atoms with Crippen molar-refractivity contribution in [1.29, 1.82) is 0 Å². The maximum atomic E-state index is 11.6. The monoisotopic (exact) mass is 304 g/mol. The van der Waals surface area contributed by atoms with Crippen LogP contribution in [-0.4, -0.2) is 44.5 Å². The number of tetrazole rings is 1. The number of aliphatic hydroxyl groups is 1. The van der Waals surface area contributed by atoms with Gasteiger partial charge in [0.05, 0.1) is 6.61 Å². The molecule has 0 saturated carbocycles. The van der Waals surface area contributed by atoms with Crippen LogP contribution in [0.3, 0.4) is 0 Å². The van der Waals surface area contributed by atoms with E-state index < -0.39 is 5.97 Å². The summed E-state index contributed by atoms with van der Waals surface area (Å²) in [5, 5.41) is 20.0. The van der Waals surface area contributed by atoms with E-state index in [-0.39, 0.29) is 19.8 Å². The molecule has 1 heterocycles. The van der Waals surface area contributed by atoms with Gasteiger partial charge in [-0.1, -0.05) is 37.6 Å². The fourth-order valence-corrected chi connectivity index (χ4v) is 2.05. The minimum absolute atomic E-state index is 0.0254. The maximum absolute atomic E-state index is 11.6. The molecule has 1 aromatic heterocycles. The molecule has 118 valence electrons. The van der Waals surface area contributed by atoms with Gasteiger partial charge >= 0.3 is 5.97 Å². The number of rotatable bonds is 8. The summed E-state index contributed by atoms with van der Waals surface area (Å²) in [6.45, 7) is 1.86. The van der Waals surface area contributed by atoms with Crippen LogP contribution in [0, 0.1) is 0 Å². The third-order valence-electron chi connectivity index (χ3n) is 3.20. The van der Waals surface area contributed by atoms with Crippen molar-refractivity contribution in [3.05, 3.63) is 29.8 Å². The highest BCUT2D eigenvalue weighted by Crippen LogP contribution is 2.17. The molecule has 2 aromatic rings. The van der Waals surface area contributed by atoms with E-state index in [0.717, 1.165) is 24.8 Å². The molecule has 1 aromatic carbocycles. The predicted octanol–water partition coefficient (Wildman–Crippen LogP) is 1.22. The van der Waals surface area contributed by atoms with Crippen LogP contribution in [0.5, 0.6) is 0 Å². The number of aromatic nitrogens is 4. The number of hydrogen-bond donors (Lipinski definition) is 1. The number of nitrogens with zero attached hydrogens (tertiary/aromatic N) is 4. The number of benzene rings is 1. The fourth-order valence-electron chi connectivity index (χ4n) is 2.05. The second-order valence-corrected chi connectivity index (χ2v) is 4.90. The molecule has 2 rings (SSSR count). The van der Waals surface area contributed by atoms with Crippen LogP contribution in [0.2, 0.25) is 0 Å². The van der Waals surface area contributed by atoms with Crippen LogP contribution in [-0.2, 0) is 22.5 Å². The van der Waals surface area contributed by atoms with Gasteiger partial charge in [-0.25, -0.2) is 4.68 Å². The molecular weight excluding hydrogens is 284 g/mol. The number of aryl methyl sites for hydroxylation is 1. The van der Waals surface area contributed by atoms with Gasteiger partial charge in [0.1, 0.15) is 13.2 Å². The lowest BCUT2D eigenvalue weighted by Crippen LogP contribution is -2.17. The molecule has 0 amide bonds. The van der Waals surface area contributed by atoms with Gasteiger partial charge in [-0.3, -0.25) is 4.79 Å². The number of hydrogen-bond acceptors (Lipinski definition) is 6. The van der Waals surface area contributed by atoms with Gasteiger partial charge < -0.3 is 9.84 Å². The Morgan fingerprint density at radius 1 is 1.32 bits per heavy atom. The second-order valence-electron chi connectivity index (χ2n) is 4.90. The Bertz CT molecular complexity index is 595. The van der Waals surface area contributed by atoms with Gasteiger partial charge in [0.15, 0.2) is 5.82 Å². The number of carbonyl (C=O) groups excluding carboxylic acids is 1. The summed E-state index contributed by atoms with van der Waals surface area (Å²) in [7, 11) is 0. The first-order valence-corrected chi connectivity index (χ1v) is 7.36. The second kappa shape index (κ2) is 8.23. The van der Waals surface area contributed by atoms with Crippen LogP contribution < -0.4 is 0 Å². The lowest BCUT2D eigenvalue weighted by molar-refractivity contribution is -0.145. The van der Waals surface area contributed by atoms with Crippen molar-refractivity contribution >= 4 is 5.97 Å². The van der Waals surface area contributed by atoms with E-state index in [1.165, 1.54) is 10.2 Å². The topological polar surface area (TPSA) is 90.1 Å². The van der Waals surface area contributed by atoms with Crippen LogP contribution in [0.25, 0.3) is 11.4 Å². The van der Waals surface area contributed by atoms with E-state index in [2.05, 4.69) is 22.4 Å². The van der Waals surface area contributed by atoms with Crippen molar-refractivity contribution in [2.75, 3.05) is 13.2 Å². The van der Waals surface area contributed by atoms with Gasteiger partial charge in [0.2, 0.25) is 0 Å². The summed E-state index contributed by atoms with van der Waals surface area (Å²) in [5.74, 6) is 0.0326. The van der Waals surface area contributed by atoms with Gasteiger partial charge in [0, 0.05) is 5.56 Å². The molecule has 1 N–H and O–H groups in total. The Morgan fingerprint density at radius 2 is 2.09 bits per heavy atom. The zero-order valence-electron chi connectivity index (χ0n) is 12.6. The molecule has 22 heavy (non-hydrogen) atoms. The van der Waals surface area contributed by atoms with Crippen LogP contribution >= 0.6 is 0 Å². The molecule has 0 unspecified atom stereocenters. The predicted molar refractivity (Wildman–Crippen MR) is 79.9 cm³/mol. The first-order valence-electron chi connectivity index (χ1n) is 7.36. The van der Waals surface area contributed by atoms with Gasteiger partial charge in [-0.05, 0) is 28.8 Å². The standard InChI is InChI=1S/C15H20N4O3/c1-2-3-4-12-5-7-13(8-6-12)15-16-17-18-19(15)11-14(21)22-10-9-20/h5-8,20H,2-4,9-11H2,1H3. The number of unbranched alkanes of at least 4 members (excludes halogenated alkanes) is 1. The molecule has 7 heteroatoms. The molecule has 0 atom stereocenters. The Balaban J connectivity index is 2.06. The highest BCUT2D eigenvalue weighted by molar-refractivity contribution is 5.70. The average Bonchev–Trinajstić information content (AvgIpc) is 2.99. The van der Waals surface area contributed by atoms with Crippen LogP contribution in [0.15, 0.2) is 24.3 Å². The van der Waals surface area contributed by atoms with E-state index in [9.17, 15) is 4.79 Å². The normalized spacial score (nSPS) is 10.6. The molecule has 0 fully saturated rings. The zero-order chi connectivity index (χ0) is 15.8. The van der Waals surface area contributed by atoms with E-state index in [1.54, 1.807) is 0 Å². The maximum Gasteiger partial charge on any atom is 0.328 e. The Labute approximate surface area is 128 Å². The largest absolute Gasteiger partial charge is 0.462 e. The number of esters is 1. The van der Waals surface area contributed by atoms with E-state index in [0.29, 0.717) is 5.82 Å². The van der Waals surface area contributed by atoms with Crippen molar-refractivity contribution in [3.63, 3.8) is 0 Å². The van der Waals surface area contributed by atoms with E-state index >= 15 is 0 Å². The highest BCUT2D eigenvalue weighted by Gasteiger charge is 2.13. The van der Waals surface area contributed by atoms with Gasteiger partial charge in [-0.15, -0.1) is 5.10 Å². The molecule has 0 aliphatic heterocycles. The first kappa shape index (κ1) is 16.1. The summed E-state index contributed by atoms with van der Waals surface area (Å²) in [6.07, 6.45) is 3.37. The van der Waals surface area contributed by atoms with E-state index in [1.807, 2.05) is 24.3 Å². The van der Waals surface area contributed by atoms with Gasteiger partial charge in [-0.2, -0.15) is 0 Å². The summed E-state index contributed by atoms with van der Waals surface area (Å²) in [6, 6.07) is 8.00. The summed E-state index contributed by atoms with van der Waals surface area (Å²) in [5.41, 5.74) is 2.12. The third kappa shape index (κ3) is 4.36. The zero-order valence-corrected chi connectivity index (χ0v) is 12.6. The van der Waals surface area contributed by atoms with E-state index in [4.69, 9.17) is 9.84 Å². The van der Waals surface area contributed by atoms with Crippen molar-refractivity contribution in [1.82, 2.24) is 20.2 Å². The molecule has 7 nitrogen and oxygen atoms in total. The fraction of sp³-hybridized carbons (Fsp3) is 0.467. The lowest BCUT2D eigenvalue weighted by Gasteiger charge is -2.06. The van der Waals surface area contributed by atoms with Crippen molar-refractivity contribution in [2.45, 2.75) is 32.7 Å². The minimum Gasteiger partial charge on any atom is -0.462 e. The van der Waals surface area contributed by atoms with Crippen LogP contribution in [0.1, 0.15) is 25.3 Å².